The second-order valence-electron chi connectivity index (χ2n) is 8.81. The molecule has 0 bridgehead atoms. The van der Waals surface area contributed by atoms with Gasteiger partial charge in [-0.3, -0.25) is 0 Å². The van der Waals surface area contributed by atoms with Crippen LogP contribution in [-0.2, 0) is 29.7 Å². The summed E-state index contributed by atoms with van der Waals surface area (Å²) in [6, 6.07) is 29.3. The number of ether oxygens (including phenoxy) is 2. The van der Waals surface area contributed by atoms with E-state index in [1.54, 1.807) is 24.3 Å². The average molecular weight is 564 g/mol. The van der Waals surface area contributed by atoms with Crippen LogP contribution in [0, 0.1) is 6.92 Å². The van der Waals surface area contributed by atoms with Crippen molar-refractivity contribution in [2.24, 2.45) is 0 Å². The van der Waals surface area contributed by atoms with Crippen LogP contribution in [0.5, 0.6) is 0 Å². The van der Waals surface area contributed by atoms with Crippen molar-refractivity contribution in [2.45, 2.75) is 18.0 Å². The van der Waals surface area contributed by atoms with E-state index in [-0.39, 0.29) is 22.2 Å². The number of carbonyl (C=O) groups excluding carboxylic acids is 2. The van der Waals surface area contributed by atoms with Crippen molar-refractivity contribution < 1.29 is 31.5 Å². The van der Waals surface area contributed by atoms with Crippen LogP contribution in [0.15, 0.2) is 108 Å². The summed E-state index contributed by atoms with van der Waals surface area (Å²) in [5.41, 5.74) is 1.70. The molecule has 0 heterocycles. The van der Waals surface area contributed by atoms with Gasteiger partial charge in [0.05, 0.1) is 30.2 Å². The maximum Gasteiger partial charge on any atom is 0.337 e. The van der Waals surface area contributed by atoms with E-state index in [2.05, 4.69) is 0 Å². The van der Waals surface area contributed by atoms with Crippen LogP contribution in [0.25, 0.3) is 0 Å². The highest BCUT2D eigenvalue weighted by Gasteiger charge is 2.50. The third-order valence-corrected chi connectivity index (χ3v) is 11.8. The largest absolute Gasteiger partial charge is 0.465 e. The Morgan fingerprint density at radius 1 is 0.692 bits per heavy atom. The lowest BCUT2D eigenvalue weighted by Gasteiger charge is -2.25. The summed E-state index contributed by atoms with van der Waals surface area (Å²) in [5, 5.41) is 1.35. The Hall–Kier alpha value is -3.84. The molecule has 9 heteroatoms. The standard InChI is InChI=1S/C30H28O7PS/c1-22-14-16-28(17-15-22)39(33,34)37-38(26-10-6-4-7-11-26,27-12-8-5-9-13-27)21-23-18-24(29(31)35-2)20-25(19-23)30(32)36-3/h4-20H,21H2,1-3H3/q+1. The first-order valence-electron chi connectivity index (χ1n) is 12.0. The molecular formula is C30H28O7PS+. The van der Waals surface area contributed by atoms with Gasteiger partial charge in [0.25, 0.3) is 0 Å². The van der Waals surface area contributed by atoms with Crippen molar-refractivity contribution in [3.8, 4) is 0 Å². The molecule has 0 spiro atoms. The first-order valence-corrected chi connectivity index (χ1v) is 15.3. The van der Waals surface area contributed by atoms with Crippen LogP contribution >= 0.6 is 7.49 Å². The van der Waals surface area contributed by atoms with Gasteiger partial charge in [-0.2, -0.15) is 8.42 Å². The van der Waals surface area contributed by atoms with Gasteiger partial charge in [0.1, 0.15) is 16.8 Å². The highest BCUT2D eigenvalue weighted by atomic mass is 32.2. The first kappa shape index (κ1) is 28.2. The maximum absolute atomic E-state index is 13.8. The Morgan fingerprint density at radius 2 is 1.15 bits per heavy atom. The van der Waals surface area contributed by atoms with E-state index < -0.39 is 29.5 Å². The number of carbonyl (C=O) groups is 2. The normalized spacial score (nSPS) is 11.6. The topological polar surface area (TPSA) is 96.0 Å². The maximum atomic E-state index is 13.8. The number of hydrogen-bond acceptors (Lipinski definition) is 7. The summed E-state index contributed by atoms with van der Waals surface area (Å²) in [6.45, 7) is 1.87. The van der Waals surface area contributed by atoms with E-state index in [0.29, 0.717) is 16.2 Å². The molecule has 0 aliphatic rings. The SMILES string of the molecule is COC(=O)c1cc(C[P+](OS(=O)(=O)c2ccc(C)cc2)(c2ccccc2)c2ccccc2)cc(C(=O)OC)c1. The molecule has 0 aromatic heterocycles. The Bertz CT molecular complexity index is 1500. The summed E-state index contributed by atoms with van der Waals surface area (Å²) >= 11 is 0. The van der Waals surface area contributed by atoms with Crippen molar-refractivity contribution in [2.75, 3.05) is 14.2 Å². The van der Waals surface area contributed by atoms with Crippen molar-refractivity contribution in [3.63, 3.8) is 0 Å². The lowest BCUT2D eigenvalue weighted by Crippen LogP contribution is -2.28. The van der Waals surface area contributed by atoms with Gasteiger partial charge in [-0.05, 0) is 67.1 Å². The van der Waals surface area contributed by atoms with Crippen molar-refractivity contribution in [1.82, 2.24) is 0 Å². The second kappa shape index (κ2) is 11.9. The third-order valence-electron chi connectivity index (χ3n) is 6.12. The molecule has 4 rings (SSSR count). The van der Waals surface area contributed by atoms with Gasteiger partial charge in [-0.15, -0.1) is 0 Å². The third kappa shape index (κ3) is 6.25. The Morgan fingerprint density at radius 3 is 1.59 bits per heavy atom. The summed E-state index contributed by atoms with van der Waals surface area (Å²) in [6.07, 6.45) is 0.0704. The van der Waals surface area contributed by atoms with Crippen LogP contribution in [0.4, 0.5) is 0 Å². The number of rotatable bonds is 9. The van der Waals surface area contributed by atoms with E-state index in [0.717, 1.165) is 5.56 Å². The van der Waals surface area contributed by atoms with E-state index >= 15 is 0 Å². The lowest BCUT2D eigenvalue weighted by molar-refractivity contribution is 0.0599. The zero-order valence-corrected chi connectivity index (χ0v) is 23.4. The Balaban J connectivity index is 1.97. The fraction of sp³-hybridized carbons (Fsp3) is 0.133. The molecule has 0 N–H and O–H groups in total. The van der Waals surface area contributed by atoms with Gasteiger partial charge >= 0.3 is 22.1 Å². The highest BCUT2D eigenvalue weighted by molar-refractivity contribution is 7.98. The Labute approximate surface area is 228 Å². The van der Waals surface area contributed by atoms with E-state index in [9.17, 15) is 18.0 Å². The van der Waals surface area contributed by atoms with Crippen molar-refractivity contribution in [1.29, 1.82) is 0 Å². The number of methoxy groups -OCH3 is 2. The van der Waals surface area contributed by atoms with Gasteiger partial charge in [0.15, 0.2) is 0 Å². The highest BCUT2D eigenvalue weighted by Crippen LogP contribution is 2.62. The molecule has 0 unspecified atom stereocenters. The molecule has 0 fully saturated rings. The smallest absolute Gasteiger partial charge is 0.337 e. The van der Waals surface area contributed by atoms with Crippen LogP contribution < -0.4 is 10.6 Å². The van der Waals surface area contributed by atoms with Crippen molar-refractivity contribution in [3.05, 3.63) is 125 Å². The molecule has 0 amide bonds. The van der Waals surface area contributed by atoms with Crippen LogP contribution in [0.3, 0.4) is 0 Å². The van der Waals surface area contributed by atoms with E-state index in [1.165, 1.54) is 32.4 Å². The molecule has 4 aromatic carbocycles. The molecule has 4 aromatic rings. The van der Waals surface area contributed by atoms with Crippen LogP contribution in [0.2, 0.25) is 0 Å². The zero-order valence-electron chi connectivity index (χ0n) is 21.7. The molecule has 0 saturated carbocycles. The first-order chi connectivity index (χ1) is 18.7. The second-order valence-corrected chi connectivity index (χ2v) is 13.6. The average Bonchev–Trinajstić information content (AvgIpc) is 2.96. The van der Waals surface area contributed by atoms with E-state index in [1.807, 2.05) is 67.6 Å². The minimum absolute atomic E-state index is 0.0305. The molecule has 0 aliphatic carbocycles. The molecule has 200 valence electrons. The van der Waals surface area contributed by atoms with Gasteiger partial charge in [-0.1, -0.05) is 58.1 Å². The monoisotopic (exact) mass is 563 g/mol. The predicted octanol–water partition coefficient (Wildman–Crippen LogP) is 5.06. The summed E-state index contributed by atoms with van der Waals surface area (Å²) in [5.74, 6) is -1.28. The fourth-order valence-electron chi connectivity index (χ4n) is 4.21. The minimum atomic E-state index is -4.25. The summed E-state index contributed by atoms with van der Waals surface area (Å²) < 4.78 is 43.7. The summed E-state index contributed by atoms with van der Waals surface area (Å²) in [4.78, 5) is 25.0. The summed E-state index contributed by atoms with van der Waals surface area (Å²) in [7, 11) is -4.99. The molecule has 0 saturated heterocycles. The molecular weight excluding hydrogens is 535 g/mol. The van der Waals surface area contributed by atoms with Gasteiger partial charge < -0.3 is 9.47 Å². The molecule has 39 heavy (non-hydrogen) atoms. The quantitative estimate of drug-likeness (QED) is 0.208. The van der Waals surface area contributed by atoms with Gasteiger partial charge in [0, 0.05) is 0 Å². The molecule has 7 nitrogen and oxygen atoms in total. The van der Waals surface area contributed by atoms with E-state index in [4.69, 9.17) is 13.4 Å². The number of aryl methyl sites for hydroxylation is 1. The van der Waals surface area contributed by atoms with Gasteiger partial charge in [-0.25, -0.2) is 9.59 Å². The number of benzene rings is 4. The minimum Gasteiger partial charge on any atom is -0.465 e. The lowest BCUT2D eigenvalue weighted by atomic mass is 10.1. The predicted molar refractivity (Wildman–Crippen MR) is 151 cm³/mol. The fourth-order valence-corrected chi connectivity index (χ4v) is 9.93. The molecule has 0 radical (unpaired) electrons. The van der Waals surface area contributed by atoms with Crippen LogP contribution in [-0.4, -0.2) is 34.6 Å². The van der Waals surface area contributed by atoms with Gasteiger partial charge in [0.2, 0.25) is 7.49 Å². The molecule has 0 atom stereocenters. The molecule has 0 aliphatic heterocycles. The zero-order chi connectivity index (χ0) is 28.0. The van der Waals surface area contributed by atoms with Crippen molar-refractivity contribution >= 4 is 40.2 Å². The number of hydrogen-bond donors (Lipinski definition) is 0. The van der Waals surface area contributed by atoms with Crippen LogP contribution in [0.1, 0.15) is 31.8 Å². The number of esters is 2. The Kier molecular flexibility index (Phi) is 8.60.